The van der Waals surface area contributed by atoms with Gasteiger partial charge in [0.15, 0.2) is 5.82 Å². The number of nitrogens with one attached hydrogen (secondary N) is 1. The van der Waals surface area contributed by atoms with Gasteiger partial charge in [0, 0.05) is 16.9 Å². The standard InChI is InChI=1S/C10H6Br2N4O/c11-7-1-6(2-13-3-7)10(17)16-9-5-14-8(12)4-15-9/h1-5H,(H,15,16,17). The highest BCUT2D eigenvalue weighted by atomic mass is 79.9. The van der Waals surface area contributed by atoms with E-state index in [-0.39, 0.29) is 5.91 Å². The van der Waals surface area contributed by atoms with Gasteiger partial charge < -0.3 is 5.32 Å². The molecule has 0 aromatic carbocycles. The summed E-state index contributed by atoms with van der Waals surface area (Å²) in [6.45, 7) is 0. The van der Waals surface area contributed by atoms with Crippen LogP contribution in [0.25, 0.3) is 0 Å². The number of carbonyl (C=O) groups excluding carboxylic acids is 1. The first-order valence-corrected chi connectivity index (χ1v) is 6.13. The first-order valence-electron chi connectivity index (χ1n) is 4.54. The van der Waals surface area contributed by atoms with E-state index in [1.807, 2.05) is 0 Å². The van der Waals surface area contributed by atoms with Gasteiger partial charge in [0.25, 0.3) is 5.91 Å². The molecule has 0 aliphatic carbocycles. The smallest absolute Gasteiger partial charge is 0.258 e. The molecule has 0 spiro atoms. The first kappa shape index (κ1) is 12.1. The van der Waals surface area contributed by atoms with Crippen LogP contribution < -0.4 is 5.32 Å². The SMILES string of the molecule is O=C(Nc1cnc(Br)cn1)c1cncc(Br)c1. The Kier molecular flexibility index (Phi) is 3.80. The van der Waals surface area contributed by atoms with Crippen molar-refractivity contribution in [3.8, 4) is 0 Å². The molecule has 0 bridgehead atoms. The van der Waals surface area contributed by atoms with E-state index in [2.05, 4.69) is 52.1 Å². The van der Waals surface area contributed by atoms with Gasteiger partial charge in [-0.05, 0) is 37.9 Å². The Balaban J connectivity index is 2.14. The molecule has 1 amide bonds. The molecule has 17 heavy (non-hydrogen) atoms. The van der Waals surface area contributed by atoms with Gasteiger partial charge in [-0.15, -0.1) is 0 Å². The van der Waals surface area contributed by atoms with E-state index >= 15 is 0 Å². The maximum atomic E-state index is 11.8. The molecule has 86 valence electrons. The molecule has 2 aromatic rings. The van der Waals surface area contributed by atoms with Gasteiger partial charge in [0.1, 0.15) is 4.60 Å². The van der Waals surface area contributed by atoms with Crippen molar-refractivity contribution in [3.05, 3.63) is 45.5 Å². The van der Waals surface area contributed by atoms with E-state index in [0.29, 0.717) is 16.0 Å². The molecule has 0 saturated heterocycles. The molecule has 0 unspecified atom stereocenters. The highest BCUT2D eigenvalue weighted by Crippen LogP contribution is 2.12. The monoisotopic (exact) mass is 356 g/mol. The second-order valence-corrected chi connectivity index (χ2v) is 4.80. The first-order chi connectivity index (χ1) is 8.15. The highest BCUT2D eigenvalue weighted by molar-refractivity contribution is 9.10. The number of halogens is 2. The number of aromatic nitrogens is 3. The fraction of sp³-hybridized carbons (Fsp3) is 0. The molecular formula is C10H6Br2N4O. The average molecular weight is 358 g/mol. The zero-order valence-electron chi connectivity index (χ0n) is 8.39. The van der Waals surface area contributed by atoms with Gasteiger partial charge in [-0.1, -0.05) is 0 Å². The number of pyridine rings is 1. The summed E-state index contributed by atoms with van der Waals surface area (Å²) in [4.78, 5) is 23.7. The maximum Gasteiger partial charge on any atom is 0.258 e. The third-order valence-electron chi connectivity index (χ3n) is 1.83. The number of rotatable bonds is 2. The Hall–Kier alpha value is -1.34. The van der Waals surface area contributed by atoms with Gasteiger partial charge in [0.2, 0.25) is 0 Å². The fourth-order valence-electron chi connectivity index (χ4n) is 1.10. The van der Waals surface area contributed by atoms with Crippen LogP contribution in [0.5, 0.6) is 0 Å². The summed E-state index contributed by atoms with van der Waals surface area (Å²) in [7, 11) is 0. The zero-order chi connectivity index (χ0) is 12.3. The Bertz CT molecular complexity index is 544. The molecule has 2 aromatic heterocycles. The van der Waals surface area contributed by atoms with Gasteiger partial charge in [-0.25, -0.2) is 9.97 Å². The molecule has 0 saturated carbocycles. The van der Waals surface area contributed by atoms with Gasteiger partial charge in [-0.2, -0.15) is 0 Å². The number of hydrogen-bond donors (Lipinski definition) is 1. The van der Waals surface area contributed by atoms with Gasteiger partial charge in [0.05, 0.1) is 18.0 Å². The van der Waals surface area contributed by atoms with Crippen molar-refractivity contribution in [2.24, 2.45) is 0 Å². The minimum absolute atomic E-state index is 0.282. The third kappa shape index (κ3) is 3.31. The van der Waals surface area contributed by atoms with Crippen LogP contribution in [-0.2, 0) is 0 Å². The average Bonchev–Trinajstić information content (AvgIpc) is 2.32. The number of nitrogens with zero attached hydrogens (tertiary/aromatic N) is 3. The largest absolute Gasteiger partial charge is 0.305 e. The summed E-state index contributed by atoms with van der Waals surface area (Å²) in [6, 6.07) is 1.68. The van der Waals surface area contributed by atoms with Crippen LogP contribution in [0.4, 0.5) is 5.82 Å². The topological polar surface area (TPSA) is 67.8 Å². The van der Waals surface area contributed by atoms with Crippen LogP contribution in [0.1, 0.15) is 10.4 Å². The van der Waals surface area contributed by atoms with Crippen LogP contribution in [0, 0.1) is 0 Å². The van der Waals surface area contributed by atoms with Crippen molar-refractivity contribution < 1.29 is 4.79 Å². The van der Waals surface area contributed by atoms with Crippen molar-refractivity contribution in [1.82, 2.24) is 15.0 Å². The summed E-state index contributed by atoms with van der Waals surface area (Å²) in [5, 5.41) is 2.62. The lowest BCUT2D eigenvalue weighted by Crippen LogP contribution is -2.13. The molecule has 7 heteroatoms. The Morgan fingerprint density at radius 2 is 1.94 bits per heavy atom. The number of anilines is 1. The summed E-state index contributed by atoms with van der Waals surface area (Å²) in [5.41, 5.74) is 0.448. The Morgan fingerprint density at radius 1 is 1.12 bits per heavy atom. The number of amides is 1. The third-order valence-corrected chi connectivity index (χ3v) is 2.67. The second-order valence-electron chi connectivity index (χ2n) is 3.07. The molecule has 1 N–H and O–H groups in total. The minimum atomic E-state index is -0.282. The lowest BCUT2D eigenvalue weighted by molar-refractivity contribution is 0.102. The predicted octanol–water partition coefficient (Wildman–Crippen LogP) is 2.65. The lowest BCUT2D eigenvalue weighted by Gasteiger charge is -2.03. The minimum Gasteiger partial charge on any atom is -0.305 e. The van der Waals surface area contributed by atoms with E-state index in [0.717, 1.165) is 4.47 Å². The van der Waals surface area contributed by atoms with E-state index in [4.69, 9.17) is 0 Å². The molecule has 0 aliphatic heterocycles. The van der Waals surface area contributed by atoms with Crippen LogP contribution in [-0.4, -0.2) is 20.9 Å². The van der Waals surface area contributed by atoms with E-state index in [1.54, 1.807) is 12.3 Å². The number of hydrogen-bond acceptors (Lipinski definition) is 4. The van der Waals surface area contributed by atoms with E-state index in [1.165, 1.54) is 18.6 Å². The van der Waals surface area contributed by atoms with Crippen molar-refractivity contribution >= 4 is 43.6 Å². The van der Waals surface area contributed by atoms with Gasteiger partial charge >= 0.3 is 0 Å². The van der Waals surface area contributed by atoms with Crippen molar-refractivity contribution in [1.29, 1.82) is 0 Å². The van der Waals surface area contributed by atoms with Crippen molar-refractivity contribution in [2.45, 2.75) is 0 Å². The second kappa shape index (κ2) is 5.33. The van der Waals surface area contributed by atoms with E-state index in [9.17, 15) is 4.79 Å². The predicted molar refractivity (Wildman–Crippen MR) is 69.6 cm³/mol. The van der Waals surface area contributed by atoms with E-state index < -0.39 is 0 Å². The highest BCUT2D eigenvalue weighted by Gasteiger charge is 2.07. The van der Waals surface area contributed by atoms with Gasteiger partial charge in [-0.3, -0.25) is 9.78 Å². The van der Waals surface area contributed by atoms with Crippen molar-refractivity contribution in [2.75, 3.05) is 5.32 Å². The molecule has 0 atom stereocenters. The Morgan fingerprint density at radius 3 is 2.59 bits per heavy atom. The number of carbonyl (C=O) groups is 1. The molecular weight excluding hydrogens is 352 g/mol. The summed E-state index contributed by atoms with van der Waals surface area (Å²) in [6.07, 6.45) is 6.06. The molecule has 5 nitrogen and oxygen atoms in total. The van der Waals surface area contributed by atoms with Crippen LogP contribution in [0.2, 0.25) is 0 Å². The molecule has 0 radical (unpaired) electrons. The normalized spacial score (nSPS) is 10.0. The molecule has 0 fully saturated rings. The zero-order valence-corrected chi connectivity index (χ0v) is 11.6. The molecule has 2 rings (SSSR count). The quantitative estimate of drug-likeness (QED) is 0.897. The molecule has 0 aliphatic rings. The Labute approximate surface area is 114 Å². The molecule has 2 heterocycles. The fourth-order valence-corrected chi connectivity index (χ4v) is 1.67. The summed E-state index contributed by atoms with van der Waals surface area (Å²) < 4.78 is 1.35. The lowest BCUT2D eigenvalue weighted by atomic mass is 10.3. The van der Waals surface area contributed by atoms with Crippen LogP contribution in [0.3, 0.4) is 0 Å². The summed E-state index contributed by atoms with van der Waals surface area (Å²) >= 11 is 6.41. The van der Waals surface area contributed by atoms with Crippen molar-refractivity contribution in [3.63, 3.8) is 0 Å². The van der Waals surface area contributed by atoms with Crippen LogP contribution >= 0.6 is 31.9 Å². The summed E-state index contributed by atoms with van der Waals surface area (Å²) in [5.74, 6) is 0.105. The maximum absolute atomic E-state index is 11.8. The van der Waals surface area contributed by atoms with Crippen LogP contribution in [0.15, 0.2) is 39.9 Å².